The lowest BCUT2D eigenvalue weighted by molar-refractivity contribution is 0.0314. The Balaban J connectivity index is 4.21. The zero-order chi connectivity index (χ0) is 16.1. The first kappa shape index (κ1) is 20.1. The molecule has 0 spiro atoms. The fourth-order valence-electron chi connectivity index (χ4n) is 1.67. The van der Waals surface area contributed by atoms with Crippen molar-refractivity contribution in [2.45, 2.75) is 26.7 Å². The van der Waals surface area contributed by atoms with Crippen LogP contribution in [0.2, 0.25) is 0 Å². The van der Waals surface area contributed by atoms with Gasteiger partial charge in [0.2, 0.25) is 0 Å². The van der Waals surface area contributed by atoms with Crippen LogP contribution in [-0.2, 0) is 9.47 Å². The van der Waals surface area contributed by atoms with Gasteiger partial charge in [0.15, 0.2) is 0 Å². The molecule has 8 heteroatoms. The highest BCUT2D eigenvalue weighted by atomic mass is 35.5. The summed E-state index contributed by atoms with van der Waals surface area (Å²) in [6, 6.07) is 0. The van der Waals surface area contributed by atoms with Crippen molar-refractivity contribution in [2.75, 3.05) is 38.1 Å². The Bertz CT molecular complexity index is 293. The average Bonchev–Trinajstić information content (AvgIpc) is 2.47. The maximum absolute atomic E-state index is 11.4. The quantitative estimate of drug-likeness (QED) is 0.598. The topological polar surface area (TPSA) is 76.7 Å². The Hall–Kier alpha value is -0.880. The van der Waals surface area contributed by atoms with Crippen molar-refractivity contribution >= 4 is 35.4 Å². The number of amides is 2. The summed E-state index contributed by atoms with van der Waals surface area (Å²) in [6.07, 6.45) is 0.600. The maximum Gasteiger partial charge on any atom is 0.407 e. The summed E-state index contributed by atoms with van der Waals surface area (Å²) in [7, 11) is 0. The van der Waals surface area contributed by atoms with E-state index in [0.717, 1.165) is 12.8 Å². The molecule has 2 amide bonds. The molecule has 0 radical (unpaired) electrons. The molecule has 0 saturated heterocycles. The van der Waals surface area contributed by atoms with E-state index >= 15 is 0 Å². The molecule has 0 fully saturated rings. The predicted octanol–water partition coefficient (Wildman–Crippen LogP) is 2.72. The predicted molar refractivity (Wildman–Crippen MR) is 83.2 cm³/mol. The number of carbonyl (C=O) groups excluding carboxylic acids is 2. The highest BCUT2D eigenvalue weighted by Crippen LogP contribution is 2.24. The number of alkyl carbamates (subject to hydrolysis) is 2. The van der Waals surface area contributed by atoms with Crippen molar-refractivity contribution in [3.63, 3.8) is 0 Å². The molecular formula is C13H24Cl2N2O4. The third-order valence-electron chi connectivity index (χ3n) is 2.68. The van der Waals surface area contributed by atoms with Crippen molar-refractivity contribution < 1.29 is 19.1 Å². The fraction of sp³-hybridized carbons (Fsp3) is 0.846. The van der Waals surface area contributed by atoms with E-state index in [9.17, 15) is 9.59 Å². The van der Waals surface area contributed by atoms with Gasteiger partial charge < -0.3 is 20.1 Å². The van der Waals surface area contributed by atoms with E-state index in [1.165, 1.54) is 0 Å². The molecule has 0 aliphatic carbocycles. The summed E-state index contributed by atoms with van der Waals surface area (Å²) >= 11 is 10.9. The number of hydrogen-bond acceptors (Lipinski definition) is 4. The van der Waals surface area contributed by atoms with Crippen LogP contribution >= 0.6 is 23.2 Å². The lowest BCUT2D eigenvalue weighted by atomic mass is 9.87. The van der Waals surface area contributed by atoms with Crippen molar-refractivity contribution in [3.8, 4) is 0 Å². The molecule has 0 aromatic carbocycles. The second kappa shape index (κ2) is 11.7. The molecule has 0 aliphatic heterocycles. The Morgan fingerprint density at radius 2 is 1.43 bits per heavy atom. The molecule has 0 rings (SSSR count). The van der Waals surface area contributed by atoms with Gasteiger partial charge in [0.25, 0.3) is 0 Å². The van der Waals surface area contributed by atoms with E-state index in [2.05, 4.69) is 10.6 Å². The molecule has 2 N–H and O–H groups in total. The third-order valence-corrected chi connectivity index (χ3v) is 3.06. The molecular weight excluding hydrogens is 319 g/mol. The van der Waals surface area contributed by atoms with Gasteiger partial charge in [-0.2, -0.15) is 0 Å². The van der Waals surface area contributed by atoms with Crippen LogP contribution in [0.3, 0.4) is 0 Å². The number of alkyl halides is 2. The molecule has 6 nitrogen and oxygen atoms in total. The fourth-order valence-corrected chi connectivity index (χ4v) is 1.86. The van der Waals surface area contributed by atoms with Gasteiger partial charge >= 0.3 is 12.2 Å². The van der Waals surface area contributed by atoms with Gasteiger partial charge in [-0.25, -0.2) is 9.59 Å². The summed E-state index contributed by atoms with van der Waals surface area (Å²) in [4.78, 5) is 22.8. The van der Waals surface area contributed by atoms with Gasteiger partial charge in [-0.15, -0.1) is 23.2 Å². The van der Waals surface area contributed by atoms with E-state index in [1.807, 2.05) is 13.8 Å². The van der Waals surface area contributed by atoms with Crippen LogP contribution in [0.25, 0.3) is 0 Å². The first-order chi connectivity index (χ1) is 9.97. The number of ether oxygens (including phenoxy) is 2. The zero-order valence-electron chi connectivity index (χ0n) is 12.5. The van der Waals surface area contributed by atoms with Crippen LogP contribution in [0.1, 0.15) is 26.7 Å². The molecule has 0 atom stereocenters. The SMILES string of the molecule is CCCC(C)(COC(=O)NCCCl)COC(=O)NCCCl. The Morgan fingerprint density at radius 1 is 1.00 bits per heavy atom. The van der Waals surface area contributed by atoms with Gasteiger partial charge in [-0.05, 0) is 6.42 Å². The Kier molecular flexibility index (Phi) is 11.3. The Labute approximate surface area is 135 Å². The van der Waals surface area contributed by atoms with Crippen LogP contribution < -0.4 is 10.6 Å². The largest absolute Gasteiger partial charge is 0.449 e. The molecule has 0 unspecified atom stereocenters. The number of nitrogens with one attached hydrogen (secondary N) is 2. The summed E-state index contributed by atoms with van der Waals surface area (Å²) in [5.41, 5.74) is -0.425. The molecule has 21 heavy (non-hydrogen) atoms. The van der Waals surface area contributed by atoms with E-state index in [-0.39, 0.29) is 13.2 Å². The van der Waals surface area contributed by atoms with Crippen molar-refractivity contribution in [2.24, 2.45) is 5.41 Å². The average molecular weight is 343 g/mol. The number of rotatable bonds is 10. The molecule has 0 aliphatic rings. The molecule has 124 valence electrons. The van der Waals surface area contributed by atoms with Gasteiger partial charge in [-0.1, -0.05) is 20.3 Å². The minimum absolute atomic E-state index is 0.164. The van der Waals surface area contributed by atoms with Crippen molar-refractivity contribution in [1.29, 1.82) is 0 Å². The van der Waals surface area contributed by atoms with Crippen LogP contribution in [0.15, 0.2) is 0 Å². The molecule has 0 bridgehead atoms. The summed E-state index contributed by atoms with van der Waals surface area (Å²) < 4.78 is 10.3. The zero-order valence-corrected chi connectivity index (χ0v) is 14.1. The van der Waals surface area contributed by atoms with Gasteiger partial charge in [0.1, 0.15) is 13.2 Å². The van der Waals surface area contributed by atoms with Crippen LogP contribution in [0.5, 0.6) is 0 Å². The summed E-state index contributed by atoms with van der Waals surface area (Å²) in [6.45, 7) is 4.94. The van der Waals surface area contributed by atoms with Crippen LogP contribution in [-0.4, -0.2) is 50.2 Å². The van der Waals surface area contributed by atoms with Gasteiger partial charge in [0, 0.05) is 30.3 Å². The first-order valence-electron chi connectivity index (χ1n) is 6.90. The smallest absolute Gasteiger partial charge is 0.407 e. The van der Waals surface area contributed by atoms with Crippen LogP contribution in [0.4, 0.5) is 9.59 Å². The van der Waals surface area contributed by atoms with Crippen LogP contribution in [0, 0.1) is 5.41 Å². The second-order valence-electron chi connectivity index (χ2n) is 4.94. The highest BCUT2D eigenvalue weighted by molar-refractivity contribution is 6.18. The van der Waals surface area contributed by atoms with E-state index in [4.69, 9.17) is 32.7 Å². The number of halogens is 2. The molecule has 0 aromatic heterocycles. The molecule has 0 saturated carbocycles. The Morgan fingerprint density at radius 3 is 1.76 bits per heavy atom. The van der Waals surface area contributed by atoms with E-state index in [0.29, 0.717) is 24.8 Å². The summed E-state index contributed by atoms with van der Waals surface area (Å²) in [5.74, 6) is 0.649. The van der Waals surface area contributed by atoms with Crippen molar-refractivity contribution in [1.82, 2.24) is 10.6 Å². The lowest BCUT2D eigenvalue weighted by Gasteiger charge is -2.28. The third kappa shape index (κ3) is 10.5. The van der Waals surface area contributed by atoms with E-state index < -0.39 is 17.6 Å². The number of hydrogen-bond donors (Lipinski definition) is 2. The normalized spacial score (nSPS) is 10.9. The maximum atomic E-state index is 11.4. The van der Waals surface area contributed by atoms with Gasteiger partial charge in [0.05, 0.1) is 0 Å². The first-order valence-corrected chi connectivity index (χ1v) is 7.97. The standard InChI is InChI=1S/C13H24Cl2N2O4/c1-3-4-13(2,9-20-11(18)16-7-5-14)10-21-12(19)17-8-6-15/h3-10H2,1-2H3,(H,16,18)(H,17,19). The van der Waals surface area contributed by atoms with Crippen molar-refractivity contribution in [3.05, 3.63) is 0 Å². The summed E-state index contributed by atoms with van der Waals surface area (Å²) in [5, 5.41) is 5.02. The monoisotopic (exact) mass is 342 g/mol. The second-order valence-corrected chi connectivity index (χ2v) is 5.70. The minimum Gasteiger partial charge on any atom is -0.449 e. The number of carbonyl (C=O) groups is 2. The minimum atomic E-state index is -0.524. The van der Waals surface area contributed by atoms with Gasteiger partial charge in [-0.3, -0.25) is 0 Å². The van der Waals surface area contributed by atoms with E-state index in [1.54, 1.807) is 0 Å². The highest BCUT2D eigenvalue weighted by Gasteiger charge is 2.27. The molecule has 0 aromatic rings. The lowest BCUT2D eigenvalue weighted by Crippen LogP contribution is -2.36. The molecule has 0 heterocycles.